The lowest BCUT2D eigenvalue weighted by molar-refractivity contribution is 0.0422. The van der Waals surface area contributed by atoms with Crippen LogP contribution in [0.1, 0.15) is 37.3 Å². The molecule has 2 aromatic rings. The number of aromatic nitrogens is 2. The van der Waals surface area contributed by atoms with Gasteiger partial charge in [0.1, 0.15) is 5.82 Å². The first-order valence-corrected chi connectivity index (χ1v) is 7.57. The molecule has 0 radical (unpaired) electrons. The molecular formula is C16H20FN3O2. The molecule has 118 valence electrons. The van der Waals surface area contributed by atoms with E-state index >= 15 is 0 Å². The predicted octanol–water partition coefficient (Wildman–Crippen LogP) is 2.70. The number of hydrogen-bond acceptors (Lipinski definition) is 5. The first-order valence-electron chi connectivity index (χ1n) is 7.57. The van der Waals surface area contributed by atoms with Crippen molar-refractivity contribution < 1.29 is 14.0 Å². The SMILES string of the molecule is Cc1ccc(-c2noc(C(C)N3CCCC(O)C3)n2)cc1F. The zero-order valence-corrected chi connectivity index (χ0v) is 12.8. The van der Waals surface area contributed by atoms with Crippen molar-refractivity contribution in [3.05, 3.63) is 35.5 Å². The average Bonchev–Trinajstić information content (AvgIpc) is 2.99. The molecule has 3 rings (SSSR count). The van der Waals surface area contributed by atoms with Gasteiger partial charge in [0.15, 0.2) is 0 Å². The van der Waals surface area contributed by atoms with E-state index in [2.05, 4.69) is 15.0 Å². The summed E-state index contributed by atoms with van der Waals surface area (Å²) in [6.45, 7) is 5.20. The highest BCUT2D eigenvalue weighted by atomic mass is 19.1. The van der Waals surface area contributed by atoms with E-state index in [1.807, 2.05) is 6.92 Å². The number of hydrogen-bond donors (Lipinski definition) is 1. The van der Waals surface area contributed by atoms with Crippen LogP contribution < -0.4 is 0 Å². The van der Waals surface area contributed by atoms with Gasteiger partial charge in [0.25, 0.3) is 0 Å². The van der Waals surface area contributed by atoms with Gasteiger partial charge in [-0.05, 0) is 44.9 Å². The second kappa shape index (κ2) is 6.14. The van der Waals surface area contributed by atoms with E-state index in [9.17, 15) is 9.50 Å². The number of likely N-dealkylation sites (tertiary alicyclic amines) is 1. The molecule has 1 aliphatic rings. The summed E-state index contributed by atoms with van der Waals surface area (Å²) in [7, 11) is 0. The number of aliphatic hydroxyl groups is 1. The van der Waals surface area contributed by atoms with Crippen LogP contribution in [-0.2, 0) is 0 Å². The zero-order chi connectivity index (χ0) is 15.7. The van der Waals surface area contributed by atoms with Crippen LogP contribution in [-0.4, -0.2) is 39.3 Å². The largest absolute Gasteiger partial charge is 0.392 e. The lowest BCUT2D eigenvalue weighted by atomic mass is 10.1. The Kier molecular flexibility index (Phi) is 4.22. The van der Waals surface area contributed by atoms with Gasteiger partial charge in [-0.2, -0.15) is 4.98 Å². The molecule has 0 spiro atoms. The third-order valence-electron chi connectivity index (χ3n) is 4.20. The maximum absolute atomic E-state index is 13.6. The number of halogens is 1. The summed E-state index contributed by atoms with van der Waals surface area (Å²) in [5.41, 5.74) is 1.19. The zero-order valence-electron chi connectivity index (χ0n) is 12.8. The quantitative estimate of drug-likeness (QED) is 0.944. The summed E-state index contributed by atoms with van der Waals surface area (Å²) in [5, 5.41) is 13.7. The van der Waals surface area contributed by atoms with Crippen LogP contribution in [0.25, 0.3) is 11.4 Å². The topological polar surface area (TPSA) is 62.4 Å². The molecule has 0 bridgehead atoms. The smallest absolute Gasteiger partial charge is 0.244 e. The fourth-order valence-electron chi connectivity index (χ4n) is 2.75. The Labute approximate surface area is 128 Å². The molecule has 2 atom stereocenters. The first kappa shape index (κ1) is 15.1. The summed E-state index contributed by atoms with van der Waals surface area (Å²) in [5.74, 6) is 0.597. The molecule has 6 heteroatoms. The van der Waals surface area contributed by atoms with Gasteiger partial charge < -0.3 is 9.63 Å². The highest BCUT2D eigenvalue weighted by Crippen LogP contribution is 2.26. The lowest BCUT2D eigenvalue weighted by Gasteiger charge is -2.32. The summed E-state index contributed by atoms with van der Waals surface area (Å²) in [4.78, 5) is 6.51. The van der Waals surface area contributed by atoms with E-state index in [0.717, 1.165) is 19.4 Å². The monoisotopic (exact) mass is 305 g/mol. The molecule has 0 amide bonds. The Bertz CT molecular complexity index is 659. The number of piperidine rings is 1. The Morgan fingerprint density at radius 3 is 3.00 bits per heavy atom. The molecule has 5 nitrogen and oxygen atoms in total. The minimum absolute atomic E-state index is 0.0634. The van der Waals surface area contributed by atoms with E-state index in [-0.39, 0.29) is 18.0 Å². The van der Waals surface area contributed by atoms with Crippen molar-refractivity contribution in [3.8, 4) is 11.4 Å². The van der Waals surface area contributed by atoms with Crippen LogP contribution >= 0.6 is 0 Å². The predicted molar refractivity (Wildman–Crippen MR) is 79.7 cm³/mol. The standard InChI is InChI=1S/C16H20FN3O2/c1-10-5-6-12(8-14(10)17)15-18-16(22-19-15)11(2)20-7-3-4-13(21)9-20/h5-6,8,11,13,21H,3-4,7,9H2,1-2H3. The maximum atomic E-state index is 13.6. The fourth-order valence-corrected chi connectivity index (χ4v) is 2.75. The van der Waals surface area contributed by atoms with E-state index in [1.165, 1.54) is 6.07 Å². The highest BCUT2D eigenvalue weighted by Gasteiger charge is 2.26. The lowest BCUT2D eigenvalue weighted by Crippen LogP contribution is -2.39. The highest BCUT2D eigenvalue weighted by molar-refractivity contribution is 5.54. The van der Waals surface area contributed by atoms with Crippen molar-refractivity contribution in [1.82, 2.24) is 15.0 Å². The minimum Gasteiger partial charge on any atom is -0.392 e. The molecule has 2 unspecified atom stereocenters. The molecule has 0 saturated carbocycles. The molecule has 1 fully saturated rings. The second-order valence-electron chi connectivity index (χ2n) is 5.89. The van der Waals surface area contributed by atoms with Gasteiger partial charge in [-0.15, -0.1) is 0 Å². The Hall–Kier alpha value is -1.79. The summed E-state index contributed by atoms with van der Waals surface area (Å²) in [6, 6.07) is 4.83. The Balaban J connectivity index is 1.79. The van der Waals surface area contributed by atoms with Gasteiger partial charge >= 0.3 is 0 Å². The van der Waals surface area contributed by atoms with E-state index < -0.39 is 0 Å². The van der Waals surface area contributed by atoms with Gasteiger partial charge in [0.2, 0.25) is 11.7 Å². The van der Waals surface area contributed by atoms with Crippen LogP contribution in [0, 0.1) is 12.7 Å². The van der Waals surface area contributed by atoms with Gasteiger partial charge in [-0.1, -0.05) is 17.3 Å². The minimum atomic E-state index is -0.301. The third kappa shape index (κ3) is 3.03. The number of β-amino-alcohol motifs (C(OH)–C–C–N with tert-alkyl or cyclic N) is 1. The normalized spacial score (nSPS) is 21.0. The van der Waals surface area contributed by atoms with Crippen molar-refractivity contribution in [2.24, 2.45) is 0 Å². The van der Waals surface area contributed by atoms with Crippen molar-refractivity contribution in [1.29, 1.82) is 0 Å². The third-order valence-corrected chi connectivity index (χ3v) is 4.20. The van der Waals surface area contributed by atoms with E-state index in [4.69, 9.17) is 4.52 Å². The molecule has 1 saturated heterocycles. The van der Waals surface area contributed by atoms with Crippen LogP contribution in [0.15, 0.2) is 22.7 Å². The van der Waals surface area contributed by atoms with Crippen LogP contribution in [0.2, 0.25) is 0 Å². The first-order chi connectivity index (χ1) is 10.5. The van der Waals surface area contributed by atoms with E-state index in [1.54, 1.807) is 19.1 Å². The van der Waals surface area contributed by atoms with Crippen molar-refractivity contribution >= 4 is 0 Å². The second-order valence-corrected chi connectivity index (χ2v) is 5.89. The van der Waals surface area contributed by atoms with Gasteiger partial charge in [-0.25, -0.2) is 4.39 Å². The maximum Gasteiger partial charge on any atom is 0.244 e. The van der Waals surface area contributed by atoms with Crippen LogP contribution in [0.3, 0.4) is 0 Å². The molecule has 1 aromatic carbocycles. The Morgan fingerprint density at radius 1 is 1.45 bits per heavy atom. The number of nitrogens with zero attached hydrogens (tertiary/aromatic N) is 3. The number of aryl methyl sites for hydroxylation is 1. The molecule has 0 aliphatic carbocycles. The van der Waals surface area contributed by atoms with Crippen molar-refractivity contribution in [3.63, 3.8) is 0 Å². The van der Waals surface area contributed by atoms with Crippen LogP contribution in [0.4, 0.5) is 4.39 Å². The van der Waals surface area contributed by atoms with Crippen LogP contribution in [0.5, 0.6) is 0 Å². The molecular weight excluding hydrogens is 285 g/mol. The molecule has 1 aliphatic heterocycles. The number of rotatable bonds is 3. The van der Waals surface area contributed by atoms with Crippen molar-refractivity contribution in [2.75, 3.05) is 13.1 Å². The summed E-state index contributed by atoms with van der Waals surface area (Å²) in [6.07, 6.45) is 1.49. The molecule has 2 heterocycles. The number of aliphatic hydroxyl groups excluding tert-OH is 1. The number of benzene rings is 1. The van der Waals surface area contributed by atoms with Gasteiger partial charge in [-0.3, -0.25) is 4.90 Å². The molecule has 22 heavy (non-hydrogen) atoms. The van der Waals surface area contributed by atoms with Crippen molar-refractivity contribution in [2.45, 2.75) is 38.8 Å². The summed E-state index contributed by atoms with van der Waals surface area (Å²) < 4.78 is 19.0. The fraction of sp³-hybridized carbons (Fsp3) is 0.500. The van der Waals surface area contributed by atoms with Gasteiger partial charge in [0.05, 0.1) is 12.1 Å². The summed E-state index contributed by atoms with van der Waals surface area (Å²) >= 11 is 0. The average molecular weight is 305 g/mol. The van der Waals surface area contributed by atoms with E-state index in [0.29, 0.717) is 29.4 Å². The molecule has 1 aromatic heterocycles. The molecule has 1 N–H and O–H groups in total. The Morgan fingerprint density at radius 2 is 2.27 bits per heavy atom. The van der Waals surface area contributed by atoms with Gasteiger partial charge in [0, 0.05) is 12.1 Å².